The lowest BCUT2D eigenvalue weighted by molar-refractivity contribution is 0.0745. The predicted octanol–water partition coefficient (Wildman–Crippen LogP) is 1.58. The van der Waals surface area contributed by atoms with Gasteiger partial charge in [-0.25, -0.2) is 0 Å². The molecule has 1 N–H and O–H groups in total. The molecule has 1 unspecified atom stereocenters. The monoisotopic (exact) mass is 248 g/mol. The van der Waals surface area contributed by atoms with Crippen molar-refractivity contribution in [3.8, 4) is 0 Å². The summed E-state index contributed by atoms with van der Waals surface area (Å²) < 4.78 is 0. The predicted molar refractivity (Wildman–Crippen MR) is 74.8 cm³/mol. The fourth-order valence-corrected chi connectivity index (χ4v) is 2.66. The minimum absolute atomic E-state index is 0.151. The number of hydrogen-bond acceptors (Lipinski definition) is 3. The lowest BCUT2D eigenvalue weighted by Crippen LogP contribution is -2.46. The van der Waals surface area contributed by atoms with E-state index >= 15 is 0 Å². The first kappa shape index (κ1) is 13.5. The molecule has 2 rings (SSSR count). The Kier molecular flexibility index (Phi) is 4.38. The van der Waals surface area contributed by atoms with E-state index in [1.807, 2.05) is 0 Å². The van der Waals surface area contributed by atoms with Crippen molar-refractivity contribution >= 4 is 0 Å². The van der Waals surface area contributed by atoms with Gasteiger partial charge in [-0.2, -0.15) is 0 Å². The van der Waals surface area contributed by atoms with Gasteiger partial charge in [0.2, 0.25) is 0 Å². The van der Waals surface area contributed by atoms with Gasteiger partial charge in [0.15, 0.2) is 0 Å². The highest BCUT2D eigenvalue weighted by molar-refractivity contribution is 5.33. The zero-order valence-corrected chi connectivity index (χ0v) is 11.7. The number of likely N-dealkylation sites (N-methyl/N-ethyl adjacent to an activating group) is 1. The fourth-order valence-electron chi connectivity index (χ4n) is 2.66. The topological polar surface area (TPSA) is 26.7 Å². The maximum absolute atomic E-state index is 9.76. The Morgan fingerprint density at radius 1 is 1.17 bits per heavy atom. The van der Waals surface area contributed by atoms with Crippen LogP contribution in [0.4, 0.5) is 0 Å². The van der Waals surface area contributed by atoms with Gasteiger partial charge in [0.25, 0.3) is 0 Å². The van der Waals surface area contributed by atoms with Gasteiger partial charge in [0.05, 0.1) is 12.6 Å². The zero-order valence-electron chi connectivity index (χ0n) is 11.7. The van der Waals surface area contributed by atoms with E-state index in [0.29, 0.717) is 0 Å². The first-order chi connectivity index (χ1) is 8.61. The molecule has 3 heteroatoms. The molecule has 0 spiro atoms. The summed E-state index contributed by atoms with van der Waals surface area (Å²) in [6.45, 7) is 8.69. The van der Waals surface area contributed by atoms with E-state index in [4.69, 9.17) is 0 Å². The highest BCUT2D eigenvalue weighted by Crippen LogP contribution is 2.25. The molecule has 1 fully saturated rings. The Bertz CT molecular complexity index is 397. The number of benzene rings is 1. The molecule has 0 aromatic heterocycles. The van der Waals surface area contributed by atoms with E-state index in [-0.39, 0.29) is 12.6 Å². The van der Waals surface area contributed by atoms with Crippen molar-refractivity contribution in [3.05, 3.63) is 34.9 Å². The third-order valence-corrected chi connectivity index (χ3v) is 3.95. The highest BCUT2D eigenvalue weighted by Gasteiger charge is 2.24. The maximum Gasteiger partial charge on any atom is 0.0628 e. The van der Waals surface area contributed by atoms with Gasteiger partial charge < -0.3 is 10.0 Å². The minimum Gasteiger partial charge on any atom is -0.394 e. The summed E-state index contributed by atoms with van der Waals surface area (Å²) >= 11 is 0. The van der Waals surface area contributed by atoms with E-state index in [1.54, 1.807) is 0 Å². The summed E-state index contributed by atoms with van der Waals surface area (Å²) in [4.78, 5) is 4.75. The van der Waals surface area contributed by atoms with Crippen LogP contribution in [0.2, 0.25) is 0 Å². The van der Waals surface area contributed by atoms with Crippen molar-refractivity contribution in [2.45, 2.75) is 19.9 Å². The quantitative estimate of drug-likeness (QED) is 0.880. The molecular formula is C15H24N2O. The van der Waals surface area contributed by atoms with Gasteiger partial charge in [-0.05, 0) is 32.0 Å². The van der Waals surface area contributed by atoms with Gasteiger partial charge in [-0.15, -0.1) is 0 Å². The third-order valence-electron chi connectivity index (χ3n) is 3.95. The highest BCUT2D eigenvalue weighted by atomic mass is 16.3. The molecule has 3 nitrogen and oxygen atoms in total. The number of aliphatic hydroxyl groups excluding tert-OH is 1. The van der Waals surface area contributed by atoms with Crippen LogP contribution in [0, 0.1) is 13.8 Å². The van der Waals surface area contributed by atoms with Crippen LogP contribution in [0.5, 0.6) is 0 Å². The molecule has 1 atom stereocenters. The van der Waals surface area contributed by atoms with Gasteiger partial charge in [0.1, 0.15) is 0 Å². The third kappa shape index (κ3) is 2.91. The number of rotatable bonds is 3. The molecule has 0 aliphatic carbocycles. The fraction of sp³-hybridized carbons (Fsp3) is 0.600. The van der Waals surface area contributed by atoms with Gasteiger partial charge in [-0.3, -0.25) is 4.90 Å². The standard InChI is InChI=1S/C15H24N2O/c1-12-4-5-13(2)14(10-12)15(11-18)17-8-6-16(3)7-9-17/h4-5,10,15,18H,6-9,11H2,1-3H3. The van der Waals surface area contributed by atoms with E-state index in [2.05, 4.69) is 48.9 Å². The Balaban J connectivity index is 2.19. The molecule has 1 aromatic carbocycles. The lowest BCUT2D eigenvalue weighted by atomic mass is 9.97. The van der Waals surface area contributed by atoms with Crippen LogP contribution < -0.4 is 0 Å². The summed E-state index contributed by atoms with van der Waals surface area (Å²) in [7, 11) is 2.16. The molecule has 1 heterocycles. The molecule has 100 valence electrons. The van der Waals surface area contributed by atoms with Crippen LogP contribution in [0.1, 0.15) is 22.7 Å². The summed E-state index contributed by atoms with van der Waals surface area (Å²) in [5, 5.41) is 9.76. The lowest BCUT2D eigenvalue weighted by Gasteiger charge is -2.38. The van der Waals surface area contributed by atoms with Gasteiger partial charge >= 0.3 is 0 Å². The first-order valence-corrected chi connectivity index (χ1v) is 6.72. The molecule has 18 heavy (non-hydrogen) atoms. The van der Waals surface area contributed by atoms with Crippen molar-refractivity contribution in [2.24, 2.45) is 0 Å². The second kappa shape index (κ2) is 5.83. The minimum atomic E-state index is 0.151. The van der Waals surface area contributed by atoms with Crippen molar-refractivity contribution in [2.75, 3.05) is 39.8 Å². The number of hydrogen-bond donors (Lipinski definition) is 1. The van der Waals surface area contributed by atoms with Crippen molar-refractivity contribution in [3.63, 3.8) is 0 Å². The number of nitrogens with zero attached hydrogens (tertiary/aromatic N) is 2. The van der Waals surface area contributed by atoms with Crippen molar-refractivity contribution < 1.29 is 5.11 Å². The van der Waals surface area contributed by atoms with Gasteiger partial charge in [-0.1, -0.05) is 23.8 Å². The summed E-state index contributed by atoms with van der Waals surface area (Å²) in [5.41, 5.74) is 3.82. The molecule has 0 saturated carbocycles. The summed E-state index contributed by atoms with van der Waals surface area (Å²) in [6, 6.07) is 6.66. The van der Waals surface area contributed by atoms with Crippen LogP contribution in [0.3, 0.4) is 0 Å². The van der Waals surface area contributed by atoms with Crippen LogP contribution in [-0.2, 0) is 0 Å². The summed E-state index contributed by atoms with van der Waals surface area (Å²) in [5.74, 6) is 0. The molecule has 1 aliphatic rings. The molecule has 1 saturated heterocycles. The SMILES string of the molecule is Cc1ccc(C)c(C(CO)N2CCN(C)CC2)c1. The maximum atomic E-state index is 9.76. The molecule has 1 aromatic rings. The smallest absolute Gasteiger partial charge is 0.0628 e. The molecule has 0 amide bonds. The number of aryl methyl sites for hydroxylation is 2. The molecule has 1 aliphatic heterocycles. The zero-order chi connectivity index (χ0) is 13.1. The van der Waals surface area contributed by atoms with E-state index in [1.165, 1.54) is 16.7 Å². The second-order valence-electron chi connectivity index (χ2n) is 5.40. The average Bonchev–Trinajstić information content (AvgIpc) is 2.37. The van der Waals surface area contributed by atoms with Crippen LogP contribution in [-0.4, -0.2) is 54.7 Å². The molecule has 0 bridgehead atoms. The normalized spacial score (nSPS) is 20.0. The van der Waals surface area contributed by atoms with Gasteiger partial charge in [0, 0.05) is 26.2 Å². The largest absolute Gasteiger partial charge is 0.394 e. The van der Waals surface area contributed by atoms with Crippen LogP contribution >= 0.6 is 0 Å². The Morgan fingerprint density at radius 2 is 1.83 bits per heavy atom. The van der Waals surface area contributed by atoms with E-state index in [0.717, 1.165) is 26.2 Å². The van der Waals surface area contributed by atoms with Crippen LogP contribution in [0.15, 0.2) is 18.2 Å². The van der Waals surface area contributed by atoms with Crippen LogP contribution in [0.25, 0.3) is 0 Å². The second-order valence-corrected chi connectivity index (χ2v) is 5.40. The Morgan fingerprint density at radius 3 is 2.44 bits per heavy atom. The van der Waals surface area contributed by atoms with E-state index in [9.17, 15) is 5.11 Å². The number of aliphatic hydroxyl groups is 1. The van der Waals surface area contributed by atoms with E-state index < -0.39 is 0 Å². The average molecular weight is 248 g/mol. The van der Waals surface area contributed by atoms with Crippen molar-refractivity contribution in [1.29, 1.82) is 0 Å². The Labute approximate surface area is 110 Å². The first-order valence-electron chi connectivity index (χ1n) is 6.72. The molecule has 0 radical (unpaired) electrons. The molecular weight excluding hydrogens is 224 g/mol. The Hall–Kier alpha value is -0.900. The summed E-state index contributed by atoms with van der Waals surface area (Å²) in [6.07, 6.45) is 0. The number of piperazine rings is 1. The van der Waals surface area contributed by atoms with Crippen molar-refractivity contribution in [1.82, 2.24) is 9.80 Å².